The third-order valence-electron chi connectivity index (χ3n) is 4.22. The molecule has 0 aliphatic rings. The van der Waals surface area contributed by atoms with Crippen LogP contribution in [0.1, 0.15) is 57.4 Å². The maximum absolute atomic E-state index is 3.21. The molecule has 0 unspecified atom stereocenters. The summed E-state index contributed by atoms with van der Waals surface area (Å²) in [5.74, 6) is 0. The summed E-state index contributed by atoms with van der Waals surface area (Å²) < 4.78 is 2.41. The van der Waals surface area contributed by atoms with Gasteiger partial charge >= 0.3 is 0 Å². The van der Waals surface area contributed by atoms with E-state index in [9.17, 15) is 0 Å². The van der Waals surface area contributed by atoms with Gasteiger partial charge in [-0.05, 0) is 42.6 Å². The molecule has 0 radical (unpaired) electrons. The Morgan fingerprint density at radius 2 is 1.71 bits per heavy atom. The summed E-state index contributed by atoms with van der Waals surface area (Å²) in [7, 11) is 2.00. The van der Waals surface area contributed by atoms with Gasteiger partial charge in [-0.2, -0.15) is 0 Å². The van der Waals surface area contributed by atoms with Crippen LogP contribution in [0.3, 0.4) is 0 Å². The van der Waals surface area contributed by atoms with Crippen molar-refractivity contribution in [3.05, 3.63) is 36.0 Å². The fourth-order valence-corrected chi connectivity index (χ4v) is 3.00. The van der Waals surface area contributed by atoms with Gasteiger partial charge in [-0.1, -0.05) is 51.5 Å². The zero-order chi connectivity index (χ0) is 14.9. The highest BCUT2D eigenvalue weighted by Crippen LogP contribution is 2.19. The van der Waals surface area contributed by atoms with Crippen molar-refractivity contribution in [2.24, 2.45) is 0 Å². The molecule has 2 nitrogen and oxygen atoms in total. The van der Waals surface area contributed by atoms with Crippen molar-refractivity contribution in [2.45, 2.75) is 65.0 Å². The van der Waals surface area contributed by atoms with Crippen LogP contribution in [0.4, 0.5) is 0 Å². The molecule has 1 aromatic heterocycles. The number of aryl methyl sites for hydroxylation is 1. The number of nitrogens with zero attached hydrogens (tertiary/aromatic N) is 1. The molecule has 0 bridgehead atoms. The van der Waals surface area contributed by atoms with Crippen LogP contribution in [-0.2, 0) is 13.1 Å². The summed E-state index contributed by atoms with van der Waals surface area (Å²) in [4.78, 5) is 0. The fourth-order valence-electron chi connectivity index (χ4n) is 3.00. The van der Waals surface area contributed by atoms with Crippen LogP contribution in [0.25, 0.3) is 10.9 Å². The number of fused-ring (bicyclic) bond motifs is 1. The van der Waals surface area contributed by atoms with Crippen LogP contribution in [0.5, 0.6) is 0 Å². The van der Waals surface area contributed by atoms with Crippen molar-refractivity contribution in [1.82, 2.24) is 9.88 Å². The van der Waals surface area contributed by atoms with E-state index >= 15 is 0 Å². The number of rotatable bonds is 10. The molecule has 2 aromatic rings. The molecule has 2 rings (SSSR count). The quantitative estimate of drug-likeness (QED) is 0.600. The maximum Gasteiger partial charge on any atom is 0.0480 e. The Morgan fingerprint density at radius 1 is 0.952 bits per heavy atom. The second kappa shape index (κ2) is 8.89. The van der Waals surface area contributed by atoms with E-state index in [0.717, 1.165) is 13.1 Å². The highest BCUT2D eigenvalue weighted by Gasteiger charge is 2.02. The van der Waals surface area contributed by atoms with Crippen LogP contribution in [0.2, 0.25) is 0 Å². The van der Waals surface area contributed by atoms with E-state index in [0.29, 0.717) is 0 Å². The first-order valence-electron chi connectivity index (χ1n) is 8.57. The van der Waals surface area contributed by atoms with E-state index in [1.54, 1.807) is 0 Å². The van der Waals surface area contributed by atoms with E-state index in [1.165, 1.54) is 61.4 Å². The van der Waals surface area contributed by atoms with Crippen molar-refractivity contribution in [1.29, 1.82) is 0 Å². The molecule has 0 saturated carbocycles. The molecule has 0 fully saturated rings. The molecule has 0 saturated heterocycles. The summed E-state index contributed by atoms with van der Waals surface area (Å²) in [6, 6.07) is 9.05. The molecule has 2 heteroatoms. The minimum Gasteiger partial charge on any atom is -0.347 e. The second-order valence-corrected chi connectivity index (χ2v) is 6.05. The number of unbranched alkanes of at least 4 members (excludes halogenated alkanes) is 6. The van der Waals surface area contributed by atoms with Crippen molar-refractivity contribution in [3.63, 3.8) is 0 Å². The minimum atomic E-state index is 0.943. The normalized spacial score (nSPS) is 11.3. The van der Waals surface area contributed by atoms with Crippen LogP contribution >= 0.6 is 0 Å². The molecule has 1 heterocycles. The highest BCUT2D eigenvalue weighted by molar-refractivity contribution is 5.80. The zero-order valence-corrected chi connectivity index (χ0v) is 13.7. The Kier molecular flexibility index (Phi) is 6.81. The van der Waals surface area contributed by atoms with Crippen molar-refractivity contribution in [3.8, 4) is 0 Å². The number of aromatic nitrogens is 1. The Bertz CT molecular complexity index is 527. The topological polar surface area (TPSA) is 17.0 Å². The van der Waals surface area contributed by atoms with Gasteiger partial charge in [0.25, 0.3) is 0 Å². The van der Waals surface area contributed by atoms with Crippen molar-refractivity contribution in [2.75, 3.05) is 7.05 Å². The lowest BCUT2D eigenvalue weighted by Gasteiger charge is -2.07. The predicted molar refractivity (Wildman–Crippen MR) is 92.7 cm³/mol. The average molecular weight is 286 g/mol. The highest BCUT2D eigenvalue weighted by atomic mass is 14.9. The zero-order valence-electron chi connectivity index (χ0n) is 13.7. The Balaban J connectivity index is 1.80. The van der Waals surface area contributed by atoms with Gasteiger partial charge in [-0.25, -0.2) is 0 Å². The molecule has 0 aliphatic carbocycles. The minimum absolute atomic E-state index is 0.943. The van der Waals surface area contributed by atoms with Crippen molar-refractivity contribution < 1.29 is 0 Å². The summed E-state index contributed by atoms with van der Waals surface area (Å²) in [5.41, 5.74) is 2.74. The van der Waals surface area contributed by atoms with Gasteiger partial charge in [0.2, 0.25) is 0 Å². The third-order valence-corrected chi connectivity index (χ3v) is 4.22. The van der Waals surface area contributed by atoms with Gasteiger partial charge in [0.1, 0.15) is 0 Å². The van der Waals surface area contributed by atoms with E-state index in [2.05, 4.69) is 47.3 Å². The summed E-state index contributed by atoms with van der Waals surface area (Å²) in [6.45, 7) is 4.38. The van der Waals surface area contributed by atoms with Crippen LogP contribution in [-0.4, -0.2) is 11.6 Å². The maximum atomic E-state index is 3.21. The fraction of sp³-hybridized carbons (Fsp3) is 0.579. The van der Waals surface area contributed by atoms with E-state index in [4.69, 9.17) is 0 Å². The summed E-state index contributed by atoms with van der Waals surface area (Å²) in [5, 5.41) is 4.58. The Hall–Kier alpha value is -1.28. The summed E-state index contributed by atoms with van der Waals surface area (Å²) in [6.07, 6.45) is 11.9. The van der Waals surface area contributed by atoms with Gasteiger partial charge in [-0.3, -0.25) is 0 Å². The molecular weight excluding hydrogens is 256 g/mol. The monoisotopic (exact) mass is 286 g/mol. The standard InChI is InChI=1S/C19H30N2/c1-3-4-5-6-7-8-9-13-21-14-12-18-15-17(16-20-2)10-11-19(18)21/h10-12,14-15,20H,3-9,13,16H2,1-2H3. The van der Waals surface area contributed by atoms with Crippen LogP contribution in [0, 0.1) is 0 Å². The smallest absolute Gasteiger partial charge is 0.0480 e. The molecule has 0 aliphatic heterocycles. The Labute approximate surface area is 129 Å². The molecule has 21 heavy (non-hydrogen) atoms. The average Bonchev–Trinajstić information content (AvgIpc) is 2.89. The molecular formula is C19H30N2. The van der Waals surface area contributed by atoms with Crippen molar-refractivity contribution >= 4 is 10.9 Å². The number of benzene rings is 1. The lowest BCUT2D eigenvalue weighted by molar-refractivity contribution is 0.556. The van der Waals surface area contributed by atoms with Crippen LogP contribution < -0.4 is 5.32 Å². The molecule has 0 spiro atoms. The van der Waals surface area contributed by atoms with Gasteiger partial charge in [-0.15, -0.1) is 0 Å². The number of nitrogens with one attached hydrogen (secondary N) is 1. The van der Waals surface area contributed by atoms with Crippen LogP contribution in [0.15, 0.2) is 30.5 Å². The first-order valence-corrected chi connectivity index (χ1v) is 8.57. The van der Waals surface area contributed by atoms with E-state index < -0.39 is 0 Å². The Morgan fingerprint density at radius 3 is 2.48 bits per heavy atom. The first-order chi connectivity index (χ1) is 10.3. The first kappa shape index (κ1) is 16.1. The molecule has 1 aromatic carbocycles. The molecule has 0 atom stereocenters. The lowest BCUT2D eigenvalue weighted by atomic mass is 10.1. The van der Waals surface area contributed by atoms with Gasteiger partial charge in [0, 0.05) is 24.8 Å². The van der Waals surface area contributed by atoms with Gasteiger partial charge in [0.15, 0.2) is 0 Å². The predicted octanol–water partition coefficient (Wildman–Crippen LogP) is 5.11. The molecule has 0 amide bonds. The SMILES string of the molecule is CCCCCCCCCn1ccc2cc(CNC)ccc21. The van der Waals surface area contributed by atoms with Gasteiger partial charge < -0.3 is 9.88 Å². The van der Waals surface area contributed by atoms with E-state index in [1.807, 2.05) is 7.05 Å². The third kappa shape index (κ3) is 4.89. The second-order valence-electron chi connectivity index (χ2n) is 6.05. The number of hydrogen-bond donors (Lipinski definition) is 1. The lowest BCUT2D eigenvalue weighted by Crippen LogP contribution is -2.04. The summed E-state index contributed by atoms with van der Waals surface area (Å²) >= 11 is 0. The largest absolute Gasteiger partial charge is 0.347 e. The van der Waals surface area contributed by atoms with E-state index in [-0.39, 0.29) is 0 Å². The number of hydrogen-bond acceptors (Lipinski definition) is 1. The molecule has 1 N–H and O–H groups in total. The van der Waals surface area contributed by atoms with Gasteiger partial charge in [0.05, 0.1) is 0 Å². The molecule has 116 valence electrons.